The summed E-state index contributed by atoms with van der Waals surface area (Å²) in [4.78, 5) is 21.0. The third-order valence-corrected chi connectivity index (χ3v) is 4.86. The van der Waals surface area contributed by atoms with E-state index in [0.717, 1.165) is 67.6 Å². The minimum Gasteiger partial charge on any atom is -0.378 e. The van der Waals surface area contributed by atoms with Crippen LogP contribution in [0, 0.1) is 0 Å². The summed E-state index contributed by atoms with van der Waals surface area (Å²) < 4.78 is 7.50. The lowest BCUT2D eigenvalue weighted by Crippen LogP contribution is -2.36. The molecule has 1 aliphatic heterocycles. The van der Waals surface area contributed by atoms with E-state index in [2.05, 4.69) is 45.5 Å². The van der Waals surface area contributed by atoms with Crippen molar-refractivity contribution < 1.29 is 4.74 Å². The maximum absolute atomic E-state index is 5.42. The van der Waals surface area contributed by atoms with Gasteiger partial charge in [-0.15, -0.1) is 0 Å². The average Bonchev–Trinajstić information content (AvgIpc) is 3.17. The highest BCUT2D eigenvalue weighted by Crippen LogP contribution is 2.26. The minimum absolute atomic E-state index is 0.272. The number of nitrogens with zero attached hydrogens (tertiary/aromatic N) is 6. The number of ether oxygens (including phenoxy) is 1. The molecular formula is C20H27N7O. The molecule has 3 aromatic heterocycles. The van der Waals surface area contributed by atoms with E-state index in [1.165, 1.54) is 0 Å². The maximum Gasteiger partial charge on any atom is 0.166 e. The highest BCUT2D eigenvalue weighted by molar-refractivity contribution is 5.85. The van der Waals surface area contributed by atoms with Crippen LogP contribution in [0.15, 0.2) is 24.7 Å². The maximum atomic E-state index is 5.42. The van der Waals surface area contributed by atoms with Gasteiger partial charge in [-0.3, -0.25) is 0 Å². The number of aromatic nitrogens is 5. The van der Waals surface area contributed by atoms with Crippen LogP contribution in [-0.2, 0) is 4.74 Å². The molecule has 4 rings (SSSR count). The zero-order chi connectivity index (χ0) is 19.5. The van der Waals surface area contributed by atoms with Crippen LogP contribution in [0.2, 0.25) is 0 Å². The van der Waals surface area contributed by atoms with Gasteiger partial charge in [0, 0.05) is 37.4 Å². The number of hydrogen-bond donors (Lipinski definition) is 1. The molecule has 0 radical (unpaired) electrons. The molecule has 0 aromatic carbocycles. The van der Waals surface area contributed by atoms with E-state index in [9.17, 15) is 0 Å². The lowest BCUT2D eigenvalue weighted by Gasteiger charge is -2.27. The second-order valence-corrected chi connectivity index (χ2v) is 7.24. The molecule has 0 amide bonds. The number of anilines is 2. The summed E-state index contributed by atoms with van der Waals surface area (Å²) in [6.45, 7) is 10.5. The quantitative estimate of drug-likeness (QED) is 0.702. The van der Waals surface area contributed by atoms with Crippen molar-refractivity contribution in [1.82, 2.24) is 24.5 Å². The largest absolute Gasteiger partial charge is 0.378 e. The molecule has 0 atom stereocenters. The zero-order valence-electron chi connectivity index (χ0n) is 16.7. The highest BCUT2D eigenvalue weighted by Gasteiger charge is 2.17. The van der Waals surface area contributed by atoms with Gasteiger partial charge in [-0.25, -0.2) is 19.9 Å². The first-order chi connectivity index (χ1) is 13.7. The van der Waals surface area contributed by atoms with Gasteiger partial charge in [-0.05, 0) is 32.4 Å². The van der Waals surface area contributed by atoms with E-state index >= 15 is 0 Å². The Hall–Kier alpha value is -2.74. The molecule has 3 aromatic rings. The molecule has 0 spiro atoms. The fourth-order valence-corrected chi connectivity index (χ4v) is 3.29. The second-order valence-electron chi connectivity index (χ2n) is 7.24. The van der Waals surface area contributed by atoms with Gasteiger partial charge in [0.1, 0.15) is 11.3 Å². The van der Waals surface area contributed by atoms with Crippen LogP contribution in [0.4, 0.5) is 11.6 Å². The Morgan fingerprint density at radius 2 is 1.96 bits per heavy atom. The lowest BCUT2D eigenvalue weighted by molar-refractivity contribution is 0.122. The van der Waals surface area contributed by atoms with E-state index in [1.807, 2.05) is 24.7 Å². The normalized spacial score (nSPS) is 14.8. The third-order valence-electron chi connectivity index (χ3n) is 4.86. The Morgan fingerprint density at radius 1 is 1.14 bits per heavy atom. The van der Waals surface area contributed by atoms with Gasteiger partial charge in [0.05, 0.1) is 19.5 Å². The van der Waals surface area contributed by atoms with Crippen molar-refractivity contribution in [3.63, 3.8) is 0 Å². The fourth-order valence-electron chi connectivity index (χ4n) is 3.29. The van der Waals surface area contributed by atoms with Crippen LogP contribution in [0.25, 0.3) is 22.6 Å². The summed E-state index contributed by atoms with van der Waals surface area (Å²) in [6, 6.07) is 4.35. The van der Waals surface area contributed by atoms with Crippen LogP contribution in [-0.4, -0.2) is 57.4 Å². The molecule has 1 saturated heterocycles. The molecule has 8 nitrogen and oxygen atoms in total. The fraction of sp³-hybridized carbons (Fsp3) is 0.500. The molecule has 0 aliphatic carbocycles. The van der Waals surface area contributed by atoms with Crippen molar-refractivity contribution in [1.29, 1.82) is 0 Å². The number of morpholine rings is 1. The minimum atomic E-state index is 0.272. The first-order valence-electron chi connectivity index (χ1n) is 9.95. The molecule has 0 saturated carbocycles. The third kappa shape index (κ3) is 3.64. The molecular weight excluding hydrogens is 354 g/mol. The first-order valence-corrected chi connectivity index (χ1v) is 9.95. The number of nitrogens with one attached hydrogen (secondary N) is 1. The van der Waals surface area contributed by atoms with E-state index in [4.69, 9.17) is 14.7 Å². The molecule has 148 valence electrons. The van der Waals surface area contributed by atoms with Crippen LogP contribution in [0.3, 0.4) is 0 Å². The van der Waals surface area contributed by atoms with Gasteiger partial charge in [-0.2, -0.15) is 0 Å². The number of fused-ring (bicyclic) bond motifs is 1. The van der Waals surface area contributed by atoms with Crippen LogP contribution in [0.5, 0.6) is 0 Å². The number of imidazole rings is 1. The van der Waals surface area contributed by atoms with Crippen LogP contribution >= 0.6 is 0 Å². The van der Waals surface area contributed by atoms with Gasteiger partial charge in [0.2, 0.25) is 0 Å². The number of hydrogen-bond acceptors (Lipinski definition) is 7. The lowest BCUT2D eigenvalue weighted by atomic mass is 10.2. The topological polar surface area (TPSA) is 81.0 Å². The van der Waals surface area contributed by atoms with Crippen molar-refractivity contribution >= 4 is 22.8 Å². The summed E-state index contributed by atoms with van der Waals surface area (Å²) >= 11 is 0. The summed E-state index contributed by atoms with van der Waals surface area (Å²) in [5, 5.41) is 3.39. The monoisotopic (exact) mass is 381 g/mol. The van der Waals surface area contributed by atoms with E-state index in [-0.39, 0.29) is 6.04 Å². The van der Waals surface area contributed by atoms with Crippen molar-refractivity contribution in [3.8, 4) is 11.4 Å². The standard InChI is InChI=1S/C20H27N7O/c1-4-7-21-19-17-20(27(13-23-17)14(2)3)25-18(24-19)15-5-6-16(22-12-15)26-8-10-28-11-9-26/h5-6,12-14H,4,7-11H2,1-3H3,(H,21,24,25). The molecule has 1 N–H and O–H groups in total. The SMILES string of the molecule is CCCNc1nc(-c2ccc(N3CCOCC3)nc2)nc2c1ncn2C(C)C. The average molecular weight is 381 g/mol. The molecule has 28 heavy (non-hydrogen) atoms. The Balaban J connectivity index is 1.71. The zero-order valence-corrected chi connectivity index (χ0v) is 16.7. The van der Waals surface area contributed by atoms with Gasteiger partial charge < -0.3 is 19.5 Å². The summed E-state index contributed by atoms with van der Waals surface area (Å²) in [7, 11) is 0. The van der Waals surface area contributed by atoms with Crippen molar-refractivity contribution in [2.24, 2.45) is 0 Å². The molecule has 0 unspecified atom stereocenters. The number of rotatable bonds is 6. The van der Waals surface area contributed by atoms with Gasteiger partial charge >= 0.3 is 0 Å². The van der Waals surface area contributed by atoms with E-state index < -0.39 is 0 Å². The second kappa shape index (κ2) is 8.10. The summed E-state index contributed by atoms with van der Waals surface area (Å²) in [5.41, 5.74) is 2.55. The molecule has 8 heteroatoms. The molecule has 0 bridgehead atoms. The van der Waals surface area contributed by atoms with E-state index in [0.29, 0.717) is 5.82 Å². The van der Waals surface area contributed by atoms with Gasteiger partial charge in [0.25, 0.3) is 0 Å². The Labute approximate surface area is 165 Å². The Morgan fingerprint density at radius 3 is 2.64 bits per heavy atom. The van der Waals surface area contributed by atoms with Gasteiger partial charge in [-0.1, -0.05) is 6.92 Å². The van der Waals surface area contributed by atoms with Crippen molar-refractivity contribution in [3.05, 3.63) is 24.7 Å². The van der Waals surface area contributed by atoms with E-state index in [1.54, 1.807) is 0 Å². The summed E-state index contributed by atoms with van der Waals surface area (Å²) in [5.74, 6) is 2.40. The first kappa shape index (κ1) is 18.6. The molecule has 1 fully saturated rings. The van der Waals surface area contributed by atoms with Crippen molar-refractivity contribution in [2.75, 3.05) is 43.1 Å². The summed E-state index contributed by atoms with van der Waals surface area (Å²) in [6.07, 6.45) is 4.71. The van der Waals surface area contributed by atoms with Gasteiger partial charge in [0.15, 0.2) is 17.3 Å². The molecule has 1 aliphatic rings. The number of pyridine rings is 1. The smallest absolute Gasteiger partial charge is 0.166 e. The molecule has 4 heterocycles. The predicted octanol–water partition coefficient (Wildman–Crippen LogP) is 3.13. The van der Waals surface area contributed by atoms with Crippen LogP contribution in [0.1, 0.15) is 33.2 Å². The van der Waals surface area contributed by atoms with Crippen LogP contribution < -0.4 is 10.2 Å². The predicted molar refractivity (Wildman–Crippen MR) is 111 cm³/mol. The Kier molecular flexibility index (Phi) is 5.38. The van der Waals surface area contributed by atoms with Crippen molar-refractivity contribution in [2.45, 2.75) is 33.2 Å². The Bertz CT molecular complexity index is 930. The highest BCUT2D eigenvalue weighted by atomic mass is 16.5.